The van der Waals surface area contributed by atoms with Crippen LogP contribution in [0.5, 0.6) is 0 Å². The Hall–Kier alpha value is -1.30. The highest BCUT2D eigenvalue weighted by Crippen LogP contribution is 2.00. The quantitative estimate of drug-likeness (QED) is 0.494. The van der Waals surface area contributed by atoms with Gasteiger partial charge in [-0.15, -0.1) is 0 Å². The zero-order valence-corrected chi connectivity index (χ0v) is 8.60. The summed E-state index contributed by atoms with van der Waals surface area (Å²) in [4.78, 5) is 0. The molecule has 0 aromatic heterocycles. The van der Waals surface area contributed by atoms with E-state index in [9.17, 15) is 0 Å². The topological polar surface area (TPSA) is 0 Å². The summed E-state index contributed by atoms with van der Waals surface area (Å²) in [6.07, 6.45) is 26.0. The number of rotatable bonds is 0. The Labute approximate surface area is 87.0 Å². The van der Waals surface area contributed by atoms with Crippen LogP contribution in [0.2, 0.25) is 0 Å². The van der Waals surface area contributed by atoms with E-state index in [4.69, 9.17) is 0 Å². The van der Waals surface area contributed by atoms with Crippen LogP contribution in [-0.2, 0) is 0 Å². The van der Waals surface area contributed by atoms with Gasteiger partial charge in [-0.25, -0.2) is 0 Å². The van der Waals surface area contributed by atoms with Gasteiger partial charge in [-0.1, -0.05) is 60.8 Å². The van der Waals surface area contributed by atoms with E-state index in [1.54, 1.807) is 0 Å². The van der Waals surface area contributed by atoms with E-state index < -0.39 is 0 Å². The van der Waals surface area contributed by atoms with Gasteiger partial charge in [-0.3, -0.25) is 0 Å². The van der Waals surface area contributed by atoms with Gasteiger partial charge in [0.1, 0.15) is 0 Å². The summed E-state index contributed by atoms with van der Waals surface area (Å²) in [6.45, 7) is 0. The average molecular weight is 186 g/mol. The summed E-state index contributed by atoms with van der Waals surface area (Å²) in [5, 5.41) is 0. The summed E-state index contributed by atoms with van der Waals surface area (Å²) < 4.78 is 0. The van der Waals surface area contributed by atoms with Crippen molar-refractivity contribution in [2.75, 3.05) is 0 Å². The molecular formula is C14H18. The standard InChI is InChI=1S/C14H18/c1-2-4-6-8-10-12-14-13-11-9-7-5-3-1/h1-8,11,13H,9-10,12,14H2/b3-1-,4-2?,7-5+,8-6?,13-11+. The first-order valence-corrected chi connectivity index (χ1v) is 5.30. The maximum atomic E-state index is 2.27. The normalized spacial score (nSPS) is 25.1. The van der Waals surface area contributed by atoms with E-state index in [-0.39, 0.29) is 0 Å². The minimum absolute atomic E-state index is 1.05. The van der Waals surface area contributed by atoms with E-state index in [2.05, 4.69) is 60.8 Å². The SMILES string of the molecule is C1=C/C=C\C=C\C/C=C/CCCC=C1. The molecule has 0 heterocycles. The largest absolute Gasteiger partial charge is 0.0882 e. The Morgan fingerprint density at radius 2 is 1.14 bits per heavy atom. The van der Waals surface area contributed by atoms with Gasteiger partial charge in [0.2, 0.25) is 0 Å². The lowest BCUT2D eigenvalue weighted by molar-refractivity contribution is 0.866. The summed E-state index contributed by atoms with van der Waals surface area (Å²) >= 11 is 0. The van der Waals surface area contributed by atoms with Crippen molar-refractivity contribution in [2.45, 2.75) is 25.7 Å². The lowest BCUT2D eigenvalue weighted by atomic mass is 10.2. The summed E-state index contributed by atoms with van der Waals surface area (Å²) in [5.41, 5.74) is 0. The molecule has 0 heteroatoms. The highest BCUT2D eigenvalue weighted by Gasteiger charge is 1.79. The first-order chi connectivity index (χ1) is 7.00. The van der Waals surface area contributed by atoms with Crippen molar-refractivity contribution in [1.82, 2.24) is 0 Å². The number of allylic oxidation sites excluding steroid dienone is 10. The first kappa shape index (κ1) is 10.8. The second-order valence-electron chi connectivity index (χ2n) is 3.26. The van der Waals surface area contributed by atoms with Crippen molar-refractivity contribution in [3.63, 3.8) is 0 Å². The lowest BCUT2D eigenvalue weighted by Crippen LogP contribution is -1.69. The Balaban J connectivity index is 2.46. The maximum Gasteiger partial charge on any atom is -0.0166 e. The first-order valence-electron chi connectivity index (χ1n) is 5.30. The van der Waals surface area contributed by atoms with Crippen molar-refractivity contribution >= 4 is 0 Å². The molecule has 74 valence electrons. The van der Waals surface area contributed by atoms with Crippen LogP contribution < -0.4 is 0 Å². The Kier molecular flexibility index (Phi) is 6.39. The Bertz CT molecular complexity index is 262. The third kappa shape index (κ3) is 6.24. The molecule has 14 heavy (non-hydrogen) atoms. The van der Waals surface area contributed by atoms with Crippen LogP contribution in [0.1, 0.15) is 25.7 Å². The predicted octanol–water partition coefficient (Wildman–Crippen LogP) is 4.34. The van der Waals surface area contributed by atoms with Gasteiger partial charge < -0.3 is 0 Å². The van der Waals surface area contributed by atoms with E-state index in [1.807, 2.05) is 0 Å². The van der Waals surface area contributed by atoms with Crippen LogP contribution in [0, 0.1) is 0 Å². The summed E-state index contributed by atoms with van der Waals surface area (Å²) in [7, 11) is 0. The van der Waals surface area contributed by atoms with Crippen LogP contribution in [0.15, 0.2) is 60.8 Å². The fraction of sp³-hybridized carbons (Fsp3) is 0.286. The molecular weight excluding hydrogens is 168 g/mol. The van der Waals surface area contributed by atoms with Crippen LogP contribution in [0.3, 0.4) is 0 Å². The monoisotopic (exact) mass is 186 g/mol. The van der Waals surface area contributed by atoms with Crippen molar-refractivity contribution in [3.05, 3.63) is 60.8 Å². The fourth-order valence-corrected chi connectivity index (χ4v) is 1.23. The van der Waals surface area contributed by atoms with Gasteiger partial charge >= 0.3 is 0 Å². The highest BCUT2D eigenvalue weighted by atomic mass is 13.9. The van der Waals surface area contributed by atoms with Gasteiger partial charge in [0.25, 0.3) is 0 Å². The molecule has 1 rings (SSSR count). The van der Waals surface area contributed by atoms with Gasteiger partial charge in [0.15, 0.2) is 0 Å². The molecule has 0 aliphatic heterocycles. The molecule has 1 aliphatic rings. The third-order valence-electron chi connectivity index (χ3n) is 2.01. The molecule has 0 unspecified atom stereocenters. The Morgan fingerprint density at radius 3 is 2.00 bits per heavy atom. The molecule has 0 bridgehead atoms. The minimum atomic E-state index is 1.05. The van der Waals surface area contributed by atoms with Crippen LogP contribution in [-0.4, -0.2) is 0 Å². The van der Waals surface area contributed by atoms with E-state index in [1.165, 1.54) is 19.3 Å². The minimum Gasteiger partial charge on any atom is -0.0882 e. The molecule has 0 aromatic carbocycles. The molecule has 1 aliphatic carbocycles. The lowest BCUT2D eigenvalue weighted by Gasteiger charge is -1.89. The summed E-state index contributed by atoms with van der Waals surface area (Å²) in [5.74, 6) is 0. The molecule has 0 saturated carbocycles. The van der Waals surface area contributed by atoms with Gasteiger partial charge in [0.05, 0.1) is 0 Å². The number of hydrogen-bond donors (Lipinski definition) is 0. The van der Waals surface area contributed by atoms with Crippen molar-refractivity contribution in [1.29, 1.82) is 0 Å². The van der Waals surface area contributed by atoms with Crippen molar-refractivity contribution in [3.8, 4) is 0 Å². The van der Waals surface area contributed by atoms with Crippen LogP contribution in [0.4, 0.5) is 0 Å². The zero-order chi connectivity index (χ0) is 9.90. The second kappa shape index (κ2) is 8.31. The van der Waals surface area contributed by atoms with E-state index in [0.717, 1.165) is 6.42 Å². The number of hydrogen-bond acceptors (Lipinski definition) is 0. The summed E-state index contributed by atoms with van der Waals surface area (Å²) in [6, 6.07) is 0. The predicted molar refractivity (Wildman–Crippen MR) is 64.2 cm³/mol. The third-order valence-corrected chi connectivity index (χ3v) is 2.01. The van der Waals surface area contributed by atoms with Crippen molar-refractivity contribution in [2.24, 2.45) is 0 Å². The fourth-order valence-electron chi connectivity index (χ4n) is 1.23. The molecule has 0 radical (unpaired) electrons. The molecule has 0 N–H and O–H groups in total. The van der Waals surface area contributed by atoms with Crippen molar-refractivity contribution < 1.29 is 0 Å². The van der Waals surface area contributed by atoms with E-state index in [0.29, 0.717) is 0 Å². The van der Waals surface area contributed by atoms with E-state index >= 15 is 0 Å². The molecule has 0 spiro atoms. The van der Waals surface area contributed by atoms with Crippen LogP contribution >= 0.6 is 0 Å². The second-order valence-corrected chi connectivity index (χ2v) is 3.26. The molecule has 0 nitrogen and oxygen atoms in total. The molecule has 0 amide bonds. The highest BCUT2D eigenvalue weighted by molar-refractivity contribution is 5.15. The molecule has 0 fully saturated rings. The molecule has 0 aromatic rings. The van der Waals surface area contributed by atoms with Gasteiger partial charge in [-0.05, 0) is 25.7 Å². The van der Waals surface area contributed by atoms with Gasteiger partial charge in [-0.2, -0.15) is 0 Å². The van der Waals surface area contributed by atoms with Crippen LogP contribution in [0.25, 0.3) is 0 Å². The molecule has 0 saturated heterocycles. The molecule has 0 atom stereocenters. The average Bonchev–Trinajstić information content (AvgIpc) is 2.22. The maximum absolute atomic E-state index is 2.27. The zero-order valence-electron chi connectivity index (χ0n) is 8.60. The smallest absolute Gasteiger partial charge is 0.0166 e. The van der Waals surface area contributed by atoms with Gasteiger partial charge in [0, 0.05) is 0 Å². The Morgan fingerprint density at radius 1 is 0.500 bits per heavy atom.